The van der Waals surface area contributed by atoms with Crippen molar-refractivity contribution in [2.24, 2.45) is 0 Å². The minimum absolute atomic E-state index is 0.00542. The Morgan fingerprint density at radius 2 is 1.91 bits per heavy atom. The molecule has 0 aliphatic rings. The van der Waals surface area contributed by atoms with Gasteiger partial charge in [-0.05, 0) is 37.1 Å². The van der Waals surface area contributed by atoms with E-state index in [4.69, 9.17) is 9.84 Å². The SMILES string of the molecule is COCc1c(C(=O)O)nnn1CC(=O)Nc1cc(C)cc(C)c1. The third-order valence-electron chi connectivity index (χ3n) is 3.12. The molecule has 8 heteroatoms. The predicted molar refractivity (Wildman–Crippen MR) is 82.2 cm³/mol. The lowest BCUT2D eigenvalue weighted by Gasteiger charge is -2.09. The number of amides is 1. The molecule has 0 fully saturated rings. The average molecular weight is 318 g/mol. The Morgan fingerprint density at radius 3 is 2.48 bits per heavy atom. The van der Waals surface area contributed by atoms with Gasteiger partial charge in [0.25, 0.3) is 0 Å². The molecule has 0 saturated carbocycles. The number of aromatic carboxylic acids is 1. The maximum absolute atomic E-state index is 12.2. The zero-order valence-corrected chi connectivity index (χ0v) is 13.2. The molecule has 2 rings (SSSR count). The molecule has 2 N–H and O–H groups in total. The number of nitrogens with one attached hydrogen (secondary N) is 1. The van der Waals surface area contributed by atoms with E-state index in [0.717, 1.165) is 11.1 Å². The van der Waals surface area contributed by atoms with Gasteiger partial charge >= 0.3 is 5.97 Å². The molecular formula is C15H18N4O4. The number of rotatable bonds is 6. The highest BCUT2D eigenvalue weighted by atomic mass is 16.5. The standard InChI is InChI=1S/C15H18N4O4/c1-9-4-10(2)6-11(5-9)16-13(20)7-19-12(8-23-3)14(15(21)22)17-18-19/h4-6H,7-8H2,1-3H3,(H,16,20)(H,21,22). The molecule has 0 saturated heterocycles. The summed E-state index contributed by atoms with van der Waals surface area (Å²) in [6.45, 7) is 3.74. The zero-order chi connectivity index (χ0) is 17.0. The highest BCUT2D eigenvalue weighted by Gasteiger charge is 2.20. The van der Waals surface area contributed by atoms with E-state index in [-0.39, 0.29) is 30.4 Å². The Kier molecular flexibility index (Phi) is 5.07. The summed E-state index contributed by atoms with van der Waals surface area (Å²) in [5.74, 6) is -1.53. The lowest BCUT2D eigenvalue weighted by atomic mass is 10.1. The van der Waals surface area contributed by atoms with Gasteiger partial charge in [-0.15, -0.1) is 5.10 Å². The number of nitrogens with zero attached hydrogens (tertiary/aromatic N) is 3. The zero-order valence-electron chi connectivity index (χ0n) is 13.2. The van der Waals surface area contributed by atoms with E-state index in [1.807, 2.05) is 32.0 Å². The van der Waals surface area contributed by atoms with Crippen molar-refractivity contribution in [1.29, 1.82) is 0 Å². The minimum atomic E-state index is -1.21. The van der Waals surface area contributed by atoms with Crippen molar-refractivity contribution in [1.82, 2.24) is 15.0 Å². The van der Waals surface area contributed by atoms with Gasteiger partial charge in [0.15, 0.2) is 5.69 Å². The van der Waals surface area contributed by atoms with Crippen LogP contribution in [-0.2, 0) is 22.7 Å². The van der Waals surface area contributed by atoms with E-state index in [1.165, 1.54) is 11.8 Å². The second-order valence-electron chi connectivity index (χ2n) is 5.21. The van der Waals surface area contributed by atoms with Crippen molar-refractivity contribution < 1.29 is 19.4 Å². The number of hydrogen-bond donors (Lipinski definition) is 2. The van der Waals surface area contributed by atoms with Crippen molar-refractivity contribution in [2.75, 3.05) is 12.4 Å². The molecule has 0 aliphatic heterocycles. The van der Waals surface area contributed by atoms with E-state index >= 15 is 0 Å². The van der Waals surface area contributed by atoms with Crippen LogP contribution < -0.4 is 5.32 Å². The third kappa shape index (κ3) is 4.13. The van der Waals surface area contributed by atoms with Gasteiger partial charge in [-0.2, -0.15) is 0 Å². The molecular weight excluding hydrogens is 300 g/mol. The molecule has 0 aliphatic carbocycles. The number of carboxylic acids is 1. The summed E-state index contributed by atoms with van der Waals surface area (Å²) in [4.78, 5) is 23.2. The minimum Gasteiger partial charge on any atom is -0.476 e. The topological polar surface area (TPSA) is 106 Å². The molecule has 122 valence electrons. The van der Waals surface area contributed by atoms with Gasteiger partial charge in [-0.1, -0.05) is 11.3 Å². The molecule has 0 spiro atoms. The molecule has 0 radical (unpaired) electrons. The van der Waals surface area contributed by atoms with E-state index in [0.29, 0.717) is 5.69 Å². The van der Waals surface area contributed by atoms with Gasteiger partial charge < -0.3 is 15.2 Å². The number of aryl methyl sites for hydroxylation is 2. The Morgan fingerprint density at radius 1 is 1.26 bits per heavy atom. The van der Waals surface area contributed by atoms with E-state index in [9.17, 15) is 9.59 Å². The molecule has 0 atom stereocenters. The summed E-state index contributed by atoms with van der Waals surface area (Å²) in [6.07, 6.45) is 0. The third-order valence-corrected chi connectivity index (χ3v) is 3.12. The van der Waals surface area contributed by atoms with Crippen molar-refractivity contribution in [3.05, 3.63) is 40.7 Å². The summed E-state index contributed by atoms with van der Waals surface area (Å²) in [5, 5.41) is 19.1. The van der Waals surface area contributed by atoms with Gasteiger partial charge in [0.1, 0.15) is 6.54 Å². The van der Waals surface area contributed by atoms with Crippen molar-refractivity contribution >= 4 is 17.6 Å². The number of ether oxygens (including phenoxy) is 1. The number of carbonyl (C=O) groups excluding carboxylic acids is 1. The second-order valence-corrected chi connectivity index (χ2v) is 5.21. The van der Waals surface area contributed by atoms with Crippen molar-refractivity contribution in [3.8, 4) is 0 Å². The van der Waals surface area contributed by atoms with Crippen LogP contribution in [-0.4, -0.2) is 39.1 Å². The van der Waals surface area contributed by atoms with Crippen molar-refractivity contribution in [2.45, 2.75) is 27.0 Å². The maximum Gasteiger partial charge on any atom is 0.358 e. The summed E-state index contributed by atoms with van der Waals surface area (Å²) < 4.78 is 6.18. The first-order chi connectivity index (χ1) is 10.9. The summed E-state index contributed by atoms with van der Waals surface area (Å²) in [6, 6.07) is 5.71. The summed E-state index contributed by atoms with van der Waals surface area (Å²) in [7, 11) is 1.43. The normalized spacial score (nSPS) is 10.6. The molecule has 8 nitrogen and oxygen atoms in total. The first-order valence-electron chi connectivity index (χ1n) is 6.93. The predicted octanol–water partition coefficient (Wildman–Crippen LogP) is 1.38. The molecule has 0 unspecified atom stereocenters. The Hall–Kier alpha value is -2.74. The monoisotopic (exact) mass is 318 g/mol. The average Bonchev–Trinajstić information content (AvgIpc) is 2.81. The smallest absolute Gasteiger partial charge is 0.358 e. The fraction of sp³-hybridized carbons (Fsp3) is 0.333. The van der Waals surface area contributed by atoms with Crippen LogP contribution in [0.5, 0.6) is 0 Å². The van der Waals surface area contributed by atoms with Crippen molar-refractivity contribution in [3.63, 3.8) is 0 Å². The molecule has 2 aromatic rings. The van der Waals surface area contributed by atoms with Crippen LogP contribution in [0, 0.1) is 13.8 Å². The van der Waals surface area contributed by atoms with Crippen LogP contribution in [0.4, 0.5) is 5.69 Å². The first kappa shape index (κ1) is 16.6. The molecule has 1 heterocycles. The Balaban J connectivity index is 2.15. The van der Waals surface area contributed by atoms with E-state index in [2.05, 4.69) is 15.6 Å². The highest BCUT2D eigenvalue weighted by Crippen LogP contribution is 2.14. The molecule has 23 heavy (non-hydrogen) atoms. The highest BCUT2D eigenvalue weighted by molar-refractivity contribution is 5.91. The number of aromatic nitrogens is 3. The number of benzene rings is 1. The number of carboxylic acid groups (broad SMARTS) is 1. The molecule has 1 aromatic carbocycles. The lowest BCUT2D eigenvalue weighted by molar-refractivity contribution is -0.117. The first-order valence-corrected chi connectivity index (χ1v) is 6.93. The van der Waals surface area contributed by atoms with Gasteiger partial charge in [-0.25, -0.2) is 9.48 Å². The van der Waals surface area contributed by atoms with Crippen LogP contribution in [0.1, 0.15) is 27.3 Å². The quantitative estimate of drug-likeness (QED) is 0.833. The Labute approximate surface area is 133 Å². The van der Waals surface area contributed by atoms with Crippen LogP contribution >= 0.6 is 0 Å². The fourth-order valence-corrected chi connectivity index (χ4v) is 2.29. The number of anilines is 1. The lowest BCUT2D eigenvalue weighted by Crippen LogP contribution is -2.21. The number of hydrogen-bond acceptors (Lipinski definition) is 5. The molecule has 1 amide bonds. The Bertz CT molecular complexity index is 719. The fourth-order valence-electron chi connectivity index (χ4n) is 2.29. The van der Waals surface area contributed by atoms with Crippen LogP contribution in [0.3, 0.4) is 0 Å². The van der Waals surface area contributed by atoms with Crippen LogP contribution in [0.25, 0.3) is 0 Å². The van der Waals surface area contributed by atoms with Crippen LogP contribution in [0.2, 0.25) is 0 Å². The number of methoxy groups -OCH3 is 1. The molecule has 0 bridgehead atoms. The molecule has 1 aromatic heterocycles. The van der Waals surface area contributed by atoms with E-state index < -0.39 is 5.97 Å². The van der Waals surface area contributed by atoms with Gasteiger partial charge in [0.2, 0.25) is 5.91 Å². The van der Waals surface area contributed by atoms with Gasteiger partial charge in [-0.3, -0.25) is 4.79 Å². The van der Waals surface area contributed by atoms with Crippen LogP contribution in [0.15, 0.2) is 18.2 Å². The summed E-state index contributed by atoms with van der Waals surface area (Å²) in [5.41, 5.74) is 2.78. The van der Waals surface area contributed by atoms with E-state index in [1.54, 1.807) is 0 Å². The summed E-state index contributed by atoms with van der Waals surface area (Å²) >= 11 is 0. The maximum atomic E-state index is 12.2. The van der Waals surface area contributed by atoms with Gasteiger partial charge in [0, 0.05) is 12.8 Å². The number of carbonyl (C=O) groups is 2. The van der Waals surface area contributed by atoms with Gasteiger partial charge in [0.05, 0.1) is 12.3 Å². The second kappa shape index (κ2) is 7.01. The largest absolute Gasteiger partial charge is 0.476 e.